The average Bonchev–Trinajstić information content (AvgIpc) is 2.71. The summed E-state index contributed by atoms with van der Waals surface area (Å²) in [7, 11) is 3.99. The summed E-state index contributed by atoms with van der Waals surface area (Å²) < 4.78 is 1.79. The summed E-state index contributed by atoms with van der Waals surface area (Å²) in [6, 6.07) is 0.538. The van der Waals surface area contributed by atoms with Crippen molar-refractivity contribution in [3.8, 4) is 0 Å². The molecule has 3 rings (SSSR count). The van der Waals surface area contributed by atoms with Gasteiger partial charge in [0.15, 0.2) is 5.65 Å². The third kappa shape index (κ3) is 1.87. The van der Waals surface area contributed by atoms with Gasteiger partial charge < -0.3 is 5.73 Å². The van der Waals surface area contributed by atoms with E-state index in [1.165, 1.54) is 0 Å². The number of hydrogen-bond acceptors (Lipinski definition) is 5. The number of likely N-dealkylation sites (N-methyl/N-ethyl adjacent to an activating group) is 1. The zero-order valence-electron chi connectivity index (χ0n) is 10.7. The van der Waals surface area contributed by atoms with Crippen molar-refractivity contribution in [1.82, 2.24) is 24.6 Å². The SMILES string of the molecule is CN1CC(N)CCC1c1ncc2cnn(C)c2n1. The van der Waals surface area contributed by atoms with Crippen molar-refractivity contribution in [2.24, 2.45) is 12.8 Å². The summed E-state index contributed by atoms with van der Waals surface area (Å²) >= 11 is 0. The minimum Gasteiger partial charge on any atom is -0.327 e. The van der Waals surface area contributed by atoms with Crippen molar-refractivity contribution in [3.05, 3.63) is 18.2 Å². The second kappa shape index (κ2) is 4.29. The highest BCUT2D eigenvalue weighted by molar-refractivity contribution is 5.73. The quantitative estimate of drug-likeness (QED) is 0.791. The number of aromatic nitrogens is 4. The van der Waals surface area contributed by atoms with Crippen LogP contribution in [0, 0.1) is 0 Å². The molecule has 0 saturated carbocycles. The van der Waals surface area contributed by atoms with Crippen LogP contribution in [0.1, 0.15) is 24.7 Å². The average molecular weight is 246 g/mol. The van der Waals surface area contributed by atoms with E-state index in [1.54, 1.807) is 10.9 Å². The van der Waals surface area contributed by atoms with E-state index in [-0.39, 0.29) is 12.1 Å². The zero-order valence-corrected chi connectivity index (χ0v) is 10.7. The highest BCUT2D eigenvalue weighted by atomic mass is 15.3. The maximum absolute atomic E-state index is 5.97. The number of fused-ring (bicyclic) bond motifs is 1. The smallest absolute Gasteiger partial charge is 0.161 e. The lowest BCUT2D eigenvalue weighted by Gasteiger charge is -2.34. The van der Waals surface area contributed by atoms with Crippen molar-refractivity contribution in [2.75, 3.05) is 13.6 Å². The molecule has 18 heavy (non-hydrogen) atoms. The highest BCUT2D eigenvalue weighted by Gasteiger charge is 2.27. The van der Waals surface area contributed by atoms with Crippen LogP contribution in [-0.2, 0) is 7.05 Å². The van der Waals surface area contributed by atoms with Gasteiger partial charge in [0.2, 0.25) is 0 Å². The molecule has 2 unspecified atom stereocenters. The predicted octanol–water partition coefficient (Wildman–Crippen LogP) is 0.457. The lowest BCUT2D eigenvalue weighted by molar-refractivity contribution is 0.163. The van der Waals surface area contributed by atoms with Gasteiger partial charge in [0.05, 0.1) is 17.6 Å². The van der Waals surface area contributed by atoms with Crippen molar-refractivity contribution >= 4 is 11.0 Å². The van der Waals surface area contributed by atoms with Gasteiger partial charge in [0.25, 0.3) is 0 Å². The second-order valence-corrected chi connectivity index (χ2v) is 5.07. The Balaban J connectivity index is 1.96. The molecule has 6 nitrogen and oxygen atoms in total. The van der Waals surface area contributed by atoms with E-state index >= 15 is 0 Å². The molecular weight excluding hydrogens is 228 g/mol. The van der Waals surface area contributed by atoms with Gasteiger partial charge in [-0.3, -0.25) is 9.58 Å². The molecule has 6 heteroatoms. The van der Waals surface area contributed by atoms with Crippen LogP contribution < -0.4 is 5.73 Å². The molecule has 3 heterocycles. The molecule has 0 amide bonds. The Morgan fingerprint density at radius 3 is 2.89 bits per heavy atom. The Labute approximate surface area is 106 Å². The lowest BCUT2D eigenvalue weighted by Crippen LogP contribution is -2.42. The van der Waals surface area contributed by atoms with Gasteiger partial charge in [-0.05, 0) is 19.9 Å². The fraction of sp³-hybridized carbons (Fsp3) is 0.583. The normalized spacial score (nSPS) is 25.7. The summed E-state index contributed by atoms with van der Waals surface area (Å²) in [4.78, 5) is 11.4. The lowest BCUT2D eigenvalue weighted by atomic mass is 9.99. The standard InChI is InChI=1S/C12H18N6/c1-17-7-9(13)3-4-10(17)11-14-5-8-6-15-18(2)12(8)16-11/h5-6,9-10H,3-4,7,13H2,1-2H3. The Hall–Kier alpha value is -1.53. The zero-order chi connectivity index (χ0) is 12.7. The molecule has 1 aliphatic heterocycles. The molecule has 1 saturated heterocycles. The van der Waals surface area contributed by atoms with Gasteiger partial charge in [0, 0.05) is 25.8 Å². The second-order valence-electron chi connectivity index (χ2n) is 5.07. The van der Waals surface area contributed by atoms with Gasteiger partial charge >= 0.3 is 0 Å². The number of likely N-dealkylation sites (tertiary alicyclic amines) is 1. The Bertz CT molecular complexity index is 563. The van der Waals surface area contributed by atoms with Crippen LogP contribution in [0.3, 0.4) is 0 Å². The minimum absolute atomic E-state index is 0.268. The summed E-state index contributed by atoms with van der Waals surface area (Å²) in [6.45, 7) is 0.900. The molecule has 2 atom stereocenters. The molecule has 0 bridgehead atoms. The van der Waals surface area contributed by atoms with E-state index in [9.17, 15) is 0 Å². The molecule has 2 N–H and O–H groups in total. The summed E-state index contributed by atoms with van der Waals surface area (Å²) in [6.07, 6.45) is 5.69. The van der Waals surface area contributed by atoms with Crippen LogP contribution in [0.15, 0.2) is 12.4 Å². The van der Waals surface area contributed by atoms with Crippen LogP contribution in [0.4, 0.5) is 0 Å². The van der Waals surface area contributed by atoms with Gasteiger partial charge in [-0.1, -0.05) is 0 Å². The fourth-order valence-corrected chi connectivity index (χ4v) is 2.62. The van der Waals surface area contributed by atoms with E-state index < -0.39 is 0 Å². The van der Waals surface area contributed by atoms with Crippen molar-refractivity contribution in [3.63, 3.8) is 0 Å². The van der Waals surface area contributed by atoms with Crippen molar-refractivity contribution in [1.29, 1.82) is 0 Å². The molecular formula is C12H18N6. The molecule has 0 spiro atoms. The molecule has 0 aromatic carbocycles. The predicted molar refractivity (Wildman–Crippen MR) is 68.9 cm³/mol. The van der Waals surface area contributed by atoms with Crippen molar-refractivity contribution < 1.29 is 0 Å². The largest absolute Gasteiger partial charge is 0.327 e. The number of piperidine rings is 1. The molecule has 1 fully saturated rings. The number of nitrogens with two attached hydrogens (primary N) is 1. The molecule has 96 valence electrons. The highest BCUT2D eigenvalue weighted by Crippen LogP contribution is 2.27. The summed E-state index contributed by atoms with van der Waals surface area (Å²) in [5, 5.41) is 5.18. The van der Waals surface area contributed by atoms with E-state index in [0.29, 0.717) is 0 Å². The van der Waals surface area contributed by atoms with Crippen molar-refractivity contribution in [2.45, 2.75) is 24.9 Å². The van der Waals surface area contributed by atoms with E-state index in [2.05, 4.69) is 27.0 Å². The van der Waals surface area contributed by atoms with Gasteiger partial charge in [-0.15, -0.1) is 0 Å². The number of hydrogen-bond donors (Lipinski definition) is 1. The number of rotatable bonds is 1. The fourth-order valence-electron chi connectivity index (χ4n) is 2.62. The Kier molecular flexibility index (Phi) is 2.76. The third-order valence-corrected chi connectivity index (χ3v) is 3.65. The first-order chi connectivity index (χ1) is 8.65. The van der Waals surface area contributed by atoms with E-state index in [4.69, 9.17) is 5.73 Å². The summed E-state index contributed by atoms with van der Waals surface area (Å²) in [5.41, 5.74) is 6.86. The van der Waals surface area contributed by atoms with Crippen LogP contribution in [-0.4, -0.2) is 44.3 Å². The molecule has 2 aromatic rings. The third-order valence-electron chi connectivity index (χ3n) is 3.65. The maximum atomic E-state index is 5.97. The first kappa shape index (κ1) is 11.6. The van der Waals surface area contributed by atoms with Gasteiger partial charge in [0.1, 0.15) is 5.82 Å². The Morgan fingerprint density at radius 2 is 2.11 bits per heavy atom. The number of aryl methyl sites for hydroxylation is 1. The monoisotopic (exact) mass is 246 g/mol. The van der Waals surface area contributed by atoms with Gasteiger partial charge in [-0.2, -0.15) is 5.10 Å². The van der Waals surface area contributed by atoms with Crippen LogP contribution in [0.2, 0.25) is 0 Å². The molecule has 0 aliphatic carbocycles. The van der Waals surface area contributed by atoms with Crippen LogP contribution >= 0.6 is 0 Å². The van der Waals surface area contributed by atoms with Crippen LogP contribution in [0.25, 0.3) is 11.0 Å². The molecule has 1 aliphatic rings. The molecule has 2 aromatic heterocycles. The summed E-state index contributed by atoms with van der Waals surface area (Å²) in [5.74, 6) is 0.875. The van der Waals surface area contributed by atoms with Gasteiger partial charge in [-0.25, -0.2) is 9.97 Å². The first-order valence-electron chi connectivity index (χ1n) is 6.25. The first-order valence-corrected chi connectivity index (χ1v) is 6.25. The van der Waals surface area contributed by atoms with E-state index in [0.717, 1.165) is 36.2 Å². The maximum Gasteiger partial charge on any atom is 0.161 e. The number of nitrogens with zero attached hydrogens (tertiary/aromatic N) is 5. The topological polar surface area (TPSA) is 72.9 Å². The minimum atomic E-state index is 0.268. The molecule has 0 radical (unpaired) electrons. The van der Waals surface area contributed by atoms with Crippen LogP contribution in [0.5, 0.6) is 0 Å². The Morgan fingerprint density at radius 1 is 1.28 bits per heavy atom. The van der Waals surface area contributed by atoms with E-state index in [1.807, 2.05) is 13.2 Å².